The first-order chi connectivity index (χ1) is 5.63. The van der Waals surface area contributed by atoms with E-state index in [1.54, 1.807) is 7.05 Å². The average molecular weight is 175 g/mol. The van der Waals surface area contributed by atoms with Gasteiger partial charge in [-0.1, -0.05) is 6.92 Å². The van der Waals surface area contributed by atoms with Crippen molar-refractivity contribution in [1.29, 1.82) is 0 Å². The molecule has 0 aliphatic heterocycles. The first-order valence-corrected chi connectivity index (χ1v) is 4.06. The average Bonchev–Trinajstić information content (AvgIpc) is 2.11. The Hall–Kier alpha value is -0.610. The second-order valence-electron chi connectivity index (χ2n) is 2.79. The molecule has 0 aromatic rings. The van der Waals surface area contributed by atoms with E-state index >= 15 is 0 Å². The molecule has 0 saturated heterocycles. The fourth-order valence-electron chi connectivity index (χ4n) is 0.921. The summed E-state index contributed by atoms with van der Waals surface area (Å²) in [6.07, 6.45) is 1.35. The van der Waals surface area contributed by atoms with Crippen LogP contribution in [0.3, 0.4) is 0 Å². The first kappa shape index (κ1) is 11.4. The maximum absolute atomic E-state index is 11.3. The van der Waals surface area contributed by atoms with Crippen LogP contribution in [0.1, 0.15) is 19.8 Å². The minimum Gasteiger partial charge on any atom is -0.396 e. The summed E-state index contributed by atoms with van der Waals surface area (Å²) in [5, 5.41) is 9.75. The highest BCUT2D eigenvalue weighted by Crippen LogP contribution is 2.08. The van der Waals surface area contributed by atoms with Gasteiger partial charge in [0.25, 0.3) is 0 Å². The van der Waals surface area contributed by atoms with Gasteiger partial charge in [0.15, 0.2) is 0 Å². The van der Waals surface area contributed by atoms with Crippen molar-refractivity contribution in [3.63, 3.8) is 0 Å². The number of hydroxylamine groups is 2. The predicted molar refractivity (Wildman–Crippen MR) is 45.3 cm³/mol. The van der Waals surface area contributed by atoms with Crippen molar-refractivity contribution in [3.05, 3.63) is 0 Å². The monoisotopic (exact) mass is 175 g/mol. The lowest BCUT2D eigenvalue weighted by molar-refractivity contribution is -0.173. The molecule has 0 radical (unpaired) electrons. The number of amides is 1. The SMILES string of the molecule is CON(C)C(=O)C(C)CCCO. The Morgan fingerprint density at radius 1 is 1.67 bits per heavy atom. The molecule has 1 unspecified atom stereocenters. The zero-order valence-corrected chi connectivity index (χ0v) is 7.91. The predicted octanol–water partition coefficient (Wildman–Crippen LogP) is 0.415. The Labute approximate surface area is 73.1 Å². The summed E-state index contributed by atoms with van der Waals surface area (Å²) in [6, 6.07) is 0. The molecule has 0 aliphatic carbocycles. The van der Waals surface area contributed by atoms with Crippen molar-refractivity contribution in [3.8, 4) is 0 Å². The lowest BCUT2D eigenvalue weighted by Gasteiger charge is -2.18. The smallest absolute Gasteiger partial charge is 0.248 e. The second-order valence-corrected chi connectivity index (χ2v) is 2.79. The van der Waals surface area contributed by atoms with E-state index in [9.17, 15) is 4.79 Å². The van der Waals surface area contributed by atoms with Crippen molar-refractivity contribution >= 4 is 5.91 Å². The molecule has 12 heavy (non-hydrogen) atoms. The van der Waals surface area contributed by atoms with Crippen LogP contribution in [-0.2, 0) is 9.63 Å². The van der Waals surface area contributed by atoms with E-state index < -0.39 is 0 Å². The number of carbonyl (C=O) groups excluding carboxylic acids is 1. The number of hydrogen-bond acceptors (Lipinski definition) is 3. The van der Waals surface area contributed by atoms with Gasteiger partial charge in [-0.25, -0.2) is 5.06 Å². The Morgan fingerprint density at radius 3 is 2.67 bits per heavy atom. The van der Waals surface area contributed by atoms with Gasteiger partial charge < -0.3 is 5.11 Å². The second kappa shape index (κ2) is 5.97. The van der Waals surface area contributed by atoms with E-state index in [4.69, 9.17) is 9.94 Å². The molecule has 0 fully saturated rings. The van der Waals surface area contributed by atoms with Crippen LogP contribution in [0.4, 0.5) is 0 Å². The molecule has 0 saturated carbocycles. The minimum atomic E-state index is -0.0814. The molecule has 1 N–H and O–H groups in total. The van der Waals surface area contributed by atoms with E-state index in [1.807, 2.05) is 6.92 Å². The maximum Gasteiger partial charge on any atom is 0.248 e. The lowest BCUT2D eigenvalue weighted by Crippen LogP contribution is -2.30. The molecule has 72 valence electrons. The van der Waals surface area contributed by atoms with Crippen LogP contribution in [0.15, 0.2) is 0 Å². The highest BCUT2D eigenvalue weighted by Gasteiger charge is 2.16. The maximum atomic E-state index is 11.3. The lowest BCUT2D eigenvalue weighted by atomic mass is 10.1. The van der Waals surface area contributed by atoms with Gasteiger partial charge >= 0.3 is 0 Å². The van der Waals surface area contributed by atoms with Crippen LogP contribution in [0.2, 0.25) is 0 Å². The molecule has 4 heteroatoms. The minimum absolute atomic E-state index is 0.0500. The summed E-state index contributed by atoms with van der Waals surface area (Å²) in [4.78, 5) is 16.0. The molecule has 0 spiro atoms. The van der Waals surface area contributed by atoms with Gasteiger partial charge in [-0.2, -0.15) is 0 Å². The third-order valence-corrected chi connectivity index (χ3v) is 1.80. The summed E-state index contributed by atoms with van der Waals surface area (Å²) in [7, 11) is 3.04. The molecule has 0 bridgehead atoms. The highest BCUT2D eigenvalue weighted by atomic mass is 16.7. The topological polar surface area (TPSA) is 49.8 Å². The Kier molecular flexibility index (Phi) is 5.66. The van der Waals surface area contributed by atoms with Gasteiger partial charge in [0.05, 0.1) is 7.11 Å². The number of nitrogens with zero attached hydrogens (tertiary/aromatic N) is 1. The molecule has 0 rings (SSSR count). The summed E-state index contributed by atoms with van der Waals surface area (Å²) in [6.45, 7) is 1.96. The van der Waals surface area contributed by atoms with E-state index in [0.717, 1.165) is 0 Å². The molecule has 0 aromatic heterocycles. The fourth-order valence-corrected chi connectivity index (χ4v) is 0.921. The largest absolute Gasteiger partial charge is 0.396 e. The Morgan fingerprint density at radius 2 is 2.25 bits per heavy atom. The van der Waals surface area contributed by atoms with Gasteiger partial charge in [-0.3, -0.25) is 9.63 Å². The highest BCUT2D eigenvalue weighted by molar-refractivity contribution is 5.77. The number of aliphatic hydroxyl groups excluding tert-OH is 1. The summed E-state index contributed by atoms with van der Waals surface area (Å²) in [5.41, 5.74) is 0. The molecule has 4 nitrogen and oxygen atoms in total. The number of rotatable bonds is 5. The quantitative estimate of drug-likeness (QED) is 0.616. The molecule has 0 aromatic carbocycles. The number of aliphatic hydroxyl groups is 1. The van der Waals surface area contributed by atoms with Gasteiger partial charge in [0, 0.05) is 19.6 Å². The summed E-state index contributed by atoms with van der Waals surface area (Å²) >= 11 is 0. The van der Waals surface area contributed by atoms with Crippen molar-refractivity contribution in [2.24, 2.45) is 5.92 Å². The fraction of sp³-hybridized carbons (Fsp3) is 0.875. The standard InChI is InChI=1S/C8H17NO3/c1-7(5-4-6-10)8(11)9(2)12-3/h7,10H,4-6H2,1-3H3. The third kappa shape index (κ3) is 3.69. The van der Waals surface area contributed by atoms with Crippen LogP contribution in [0, 0.1) is 5.92 Å². The van der Waals surface area contributed by atoms with E-state index in [-0.39, 0.29) is 18.4 Å². The molecule has 0 aliphatic rings. The van der Waals surface area contributed by atoms with E-state index in [0.29, 0.717) is 12.8 Å². The first-order valence-electron chi connectivity index (χ1n) is 4.06. The zero-order chi connectivity index (χ0) is 9.56. The normalized spacial score (nSPS) is 12.7. The summed E-state index contributed by atoms with van der Waals surface area (Å²) < 4.78 is 0. The van der Waals surface area contributed by atoms with Crippen LogP contribution >= 0.6 is 0 Å². The van der Waals surface area contributed by atoms with Gasteiger partial charge in [-0.15, -0.1) is 0 Å². The Bertz CT molecular complexity index is 138. The van der Waals surface area contributed by atoms with Crippen LogP contribution in [0.25, 0.3) is 0 Å². The van der Waals surface area contributed by atoms with Crippen molar-refractivity contribution in [2.75, 3.05) is 20.8 Å². The van der Waals surface area contributed by atoms with Crippen LogP contribution in [0.5, 0.6) is 0 Å². The Balaban J connectivity index is 3.75. The number of carbonyl (C=O) groups is 1. The van der Waals surface area contributed by atoms with Gasteiger partial charge in [0.1, 0.15) is 0 Å². The van der Waals surface area contributed by atoms with Crippen molar-refractivity contribution < 1.29 is 14.7 Å². The molecular formula is C8H17NO3. The van der Waals surface area contributed by atoms with Crippen LogP contribution in [-0.4, -0.2) is 36.8 Å². The van der Waals surface area contributed by atoms with E-state index in [1.165, 1.54) is 12.2 Å². The molecule has 0 heterocycles. The van der Waals surface area contributed by atoms with Gasteiger partial charge in [0.2, 0.25) is 5.91 Å². The van der Waals surface area contributed by atoms with E-state index in [2.05, 4.69) is 0 Å². The van der Waals surface area contributed by atoms with Crippen molar-refractivity contribution in [2.45, 2.75) is 19.8 Å². The summed E-state index contributed by atoms with van der Waals surface area (Å²) in [5.74, 6) is -0.131. The molecular weight excluding hydrogens is 158 g/mol. The molecule has 1 atom stereocenters. The van der Waals surface area contributed by atoms with Crippen LogP contribution < -0.4 is 0 Å². The zero-order valence-electron chi connectivity index (χ0n) is 7.91. The number of hydrogen-bond donors (Lipinski definition) is 1. The molecule has 1 amide bonds. The van der Waals surface area contributed by atoms with Crippen molar-refractivity contribution in [1.82, 2.24) is 5.06 Å². The van der Waals surface area contributed by atoms with Gasteiger partial charge in [-0.05, 0) is 12.8 Å². The third-order valence-electron chi connectivity index (χ3n) is 1.80.